The molecular weight excluding hydrogens is 465 g/mol. The van der Waals surface area contributed by atoms with Crippen molar-refractivity contribution < 1.29 is 9.53 Å². The van der Waals surface area contributed by atoms with E-state index in [1.54, 1.807) is 4.90 Å². The van der Waals surface area contributed by atoms with Gasteiger partial charge in [0.1, 0.15) is 11.4 Å². The molecule has 3 aromatic rings. The van der Waals surface area contributed by atoms with E-state index < -0.39 is 5.60 Å². The fourth-order valence-corrected chi connectivity index (χ4v) is 4.50. The van der Waals surface area contributed by atoms with Crippen molar-refractivity contribution >= 4 is 39.5 Å². The van der Waals surface area contributed by atoms with Gasteiger partial charge in [-0.05, 0) is 73.0 Å². The third kappa shape index (κ3) is 3.74. The molecule has 1 aliphatic rings. The lowest BCUT2D eigenvalue weighted by molar-refractivity contribution is 0.0219. The Hall–Kier alpha value is -2.09. The first kappa shape index (κ1) is 19.2. The van der Waals surface area contributed by atoms with Crippen LogP contribution in [0.2, 0.25) is 0 Å². The number of aromatic amines is 1. The van der Waals surface area contributed by atoms with Gasteiger partial charge in [0.15, 0.2) is 0 Å². The molecule has 1 fully saturated rings. The number of amides is 1. The summed E-state index contributed by atoms with van der Waals surface area (Å²) in [5.74, 6) is 0.821. The van der Waals surface area contributed by atoms with Crippen LogP contribution < -0.4 is 0 Å². The zero-order chi connectivity index (χ0) is 19.9. The summed E-state index contributed by atoms with van der Waals surface area (Å²) in [6.07, 6.45) is 3.45. The molecule has 1 aromatic heterocycles. The molecule has 1 atom stereocenters. The second kappa shape index (κ2) is 7.39. The molecule has 4 rings (SSSR count). The number of hydrogen-bond acceptors (Lipinski definition) is 3. The monoisotopic (exact) mass is 489 g/mol. The summed E-state index contributed by atoms with van der Waals surface area (Å²) in [4.78, 5) is 22.5. The molecule has 0 spiro atoms. The summed E-state index contributed by atoms with van der Waals surface area (Å²) in [6, 6.07) is 12.6. The Morgan fingerprint density at radius 3 is 2.82 bits per heavy atom. The topological polar surface area (TPSA) is 58.2 Å². The van der Waals surface area contributed by atoms with Crippen LogP contribution in [0.4, 0.5) is 4.79 Å². The first-order valence-corrected chi connectivity index (χ1v) is 10.6. The number of halogens is 1. The van der Waals surface area contributed by atoms with Gasteiger partial charge < -0.3 is 9.72 Å². The zero-order valence-corrected chi connectivity index (χ0v) is 18.5. The highest BCUT2D eigenvalue weighted by Crippen LogP contribution is 2.36. The molecule has 1 amide bonds. The van der Waals surface area contributed by atoms with Gasteiger partial charge in [-0.3, -0.25) is 4.90 Å². The predicted octanol–water partition coefficient (Wildman–Crippen LogP) is 5.91. The van der Waals surface area contributed by atoms with Gasteiger partial charge >= 0.3 is 6.09 Å². The van der Waals surface area contributed by atoms with E-state index in [-0.39, 0.29) is 12.1 Å². The third-order valence-corrected chi connectivity index (χ3v) is 5.84. The molecule has 1 N–H and O–H groups in total. The van der Waals surface area contributed by atoms with Gasteiger partial charge in [0.05, 0.1) is 17.9 Å². The van der Waals surface area contributed by atoms with Crippen molar-refractivity contribution in [2.75, 3.05) is 6.54 Å². The van der Waals surface area contributed by atoms with Gasteiger partial charge in [0, 0.05) is 15.7 Å². The van der Waals surface area contributed by atoms with Crippen molar-refractivity contribution in [3.05, 3.63) is 52.0 Å². The molecule has 2 aromatic carbocycles. The van der Waals surface area contributed by atoms with E-state index >= 15 is 0 Å². The van der Waals surface area contributed by atoms with Gasteiger partial charge in [-0.2, -0.15) is 0 Å². The summed E-state index contributed by atoms with van der Waals surface area (Å²) >= 11 is 2.37. The first-order chi connectivity index (χ1) is 13.3. The fraction of sp³-hybridized carbons (Fsp3) is 0.364. The van der Waals surface area contributed by atoms with E-state index in [0.29, 0.717) is 6.54 Å². The molecule has 0 unspecified atom stereocenters. The largest absolute Gasteiger partial charge is 0.444 e. The Labute approximate surface area is 178 Å². The number of benzene rings is 2. The van der Waals surface area contributed by atoms with Crippen LogP contribution >= 0.6 is 22.6 Å². The third-order valence-electron chi connectivity index (χ3n) is 4.94. The molecule has 6 heteroatoms. The minimum absolute atomic E-state index is 0.0729. The van der Waals surface area contributed by atoms with E-state index in [1.807, 2.05) is 27.0 Å². The molecule has 1 saturated heterocycles. The Bertz CT molecular complexity index is 1020. The SMILES string of the molecule is CC(C)(C)OC(=O)N1CCC[C@H]1c1ncc(-c2c(I)ccc3ccccc23)[nH]1. The summed E-state index contributed by atoms with van der Waals surface area (Å²) in [5.41, 5.74) is 1.63. The minimum Gasteiger partial charge on any atom is -0.444 e. The molecule has 146 valence electrons. The maximum Gasteiger partial charge on any atom is 0.410 e. The fourth-order valence-electron chi connectivity index (χ4n) is 3.74. The standard InChI is InChI=1S/C22H24IN3O2/c1-22(2,3)28-21(27)26-12-6-9-18(26)20-24-13-17(25-20)19-15-8-5-4-7-14(15)10-11-16(19)23/h4-5,7-8,10-11,13,18H,6,9,12H2,1-3H3,(H,24,25)/t18-/m0/s1. The number of carbonyl (C=O) groups is 1. The molecule has 0 saturated carbocycles. The lowest BCUT2D eigenvalue weighted by atomic mass is 10.0. The van der Waals surface area contributed by atoms with Gasteiger partial charge in [-0.25, -0.2) is 9.78 Å². The predicted molar refractivity (Wildman–Crippen MR) is 119 cm³/mol. The molecule has 5 nitrogen and oxygen atoms in total. The van der Waals surface area contributed by atoms with E-state index in [1.165, 1.54) is 14.3 Å². The molecule has 1 aliphatic heterocycles. The molecule has 0 bridgehead atoms. The second-order valence-electron chi connectivity index (χ2n) is 8.16. The van der Waals surface area contributed by atoms with E-state index in [0.717, 1.165) is 29.9 Å². The molecule has 2 heterocycles. The van der Waals surface area contributed by atoms with Crippen molar-refractivity contribution in [2.24, 2.45) is 0 Å². The zero-order valence-electron chi connectivity index (χ0n) is 16.3. The summed E-state index contributed by atoms with van der Waals surface area (Å²) in [7, 11) is 0. The Morgan fingerprint density at radius 1 is 1.25 bits per heavy atom. The van der Waals surface area contributed by atoms with Crippen LogP contribution in [0.25, 0.3) is 22.0 Å². The summed E-state index contributed by atoms with van der Waals surface area (Å²) < 4.78 is 6.75. The van der Waals surface area contributed by atoms with Crippen molar-refractivity contribution in [2.45, 2.75) is 45.3 Å². The minimum atomic E-state index is -0.502. The van der Waals surface area contributed by atoms with Crippen LogP contribution in [0.3, 0.4) is 0 Å². The number of rotatable bonds is 2. The van der Waals surface area contributed by atoms with Crippen LogP contribution in [-0.4, -0.2) is 33.1 Å². The van der Waals surface area contributed by atoms with Crippen molar-refractivity contribution in [1.82, 2.24) is 14.9 Å². The number of hydrogen-bond donors (Lipinski definition) is 1. The number of ether oxygens (including phenoxy) is 1. The molecule has 0 aliphatic carbocycles. The highest BCUT2D eigenvalue weighted by molar-refractivity contribution is 14.1. The first-order valence-electron chi connectivity index (χ1n) is 9.55. The average molecular weight is 489 g/mol. The highest BCUT2D eigenvalue weighted by Gasteiger charge is 2.34. The highest BCUT2D eigenvalue weighted by atomic mass is 127. The van der Waals surface area contributed by atoms with E-state index in [4.69, 9.17) is 4.74 Å². The van der Waals surface area contributed by atoms with E-state index in [9.17, 15) is 4.79 Å². The van der Waals surface area contributed by atoms with Crippen LogP contribution in [0.5, 0.6) is 0 Å². The number of aromatic nitrogens is 2. The van der Waals surface area contributed by atoms with Crippen molar-refractivity contribution in [1.29, 1.82) is 0 Å². The lowest BCUT2D eigenvalue weighted by Gasteiger charge is -2.27. The van der Waals surface area contributed by atoms with Crippen LogP contribution in [0, 0.1) is 3.57 Å². The number of fused-ring (bicyclic) bond motifs is 1. The van der Waals surface area contributed by atoms with Crippen LogP contribution in [0.1, 0.15) is 45.5 Å². The summed E-state index contributed by atoms with van der Waals surface area (Å²) in [6.45, 7) is 6.37. The van der Waals surface area contributed by atoms with Gasteiger partial charge in [0.2, 0.25) is 0 Å². The number of nitrogens with one attached hydrogen (secondary N) is 1. The quantitative estimate of drug-likeness (QED) is 0.456. The number of H-pyrrole nitrogens is 1. The number of likely N-dealkylation sites (tertiary alicyclic amines) is 1. The Kier molecular flexibility index (Phi) is 5.07. The molecular formula is C22H24IN3O2. The maximum atomic E-state index is 12.6. The number of nitrogens with zero attached hydrogens (tertiary/aromatic N) is 2. The van der Waals surface area contributed by atoms with Gasteiger partial charge in [0.25, 0.3) is 0 Å². The maximum absolute atomic E-state index is 12.6. The smallest absolute Gasteiger partial charge is 0.410 e. The summed E-state index contributed by atoms with van der Waals surface area (Å²) in [5, 5.41) is 2.39. The number of imidazole rings is 1. The van der Waals surface area contributed by atoms with E-state index in [2.05, 4.69) is 69.0 Å². The van der Waals surface area contributed by atoms with Gasteiger partial charge in [-0.15, -0.1) is 0 Å². The van der Waals surface area contributed by atoms with Crippen molar-refractivity contribution in [3.63, 3.8) is 0 Å². The van der Waals surface area contributed by atoms with Crippen molar-refractivity contribution in [3.8, 4) is 11.3 Å². The van der Waals surface area contributed by atoms with Crippen LogP contribution in [0.15, 0.2) is 42.6 Å². The second-order valence-corrected chi connectivity index (χ2v) is 9.32. The molecule has 28 heavy (non-hydrogen) atoms. The van der Waals surface area contributed by atoms with Gasteiger partial charge in [-0.1, -0.05) is 30.3 Å². The number of carbonyl (C=O) groups excluding carboxylic acids is 1. The normalized spacial score (nSPS) is 17.3. The Balaban J connectivity index is 1.67. The lowest BCUT2D eigenvalue weighted by Crippen LogP contribution is -2.36. The van der Waals surface area contributed by atoms with Crippen LogP contribution in [-0.2, 0) is 4.74 Å². The average Bonchev–Trinajstić information content (AvgIpc) is 3.29. The Morgan fingerprint density at radius 2 is 2.04 bits per heavy atom. The molecule has 0 radical (unpaired) electrons.